The summed E-state index contributed by atoms with van der Waals surface area (Å²) < 4.78 is 2.01. The number of rotatable bonds is 6. The van der Waals surface area contributed by atoms with E-state index in [-0.39, 0.29) is 30.4 Å². The van der Waals surface area contributed by atoms with Crippen LogP contribution in [0.5, 0.6) is 0 Å². The van der Waals surface area contributed by atoms with Crippen LogP contribution < -0.4 is 27.6 Å². The number of nitrogens with one attached hydrogen (secondary N) is 2. The zero-order valence-corrected chi connectivity index (χ0v) is 14.9. The van der Waals surface area contributed by atoms with Crippen LogP contribution in [0.25, 0.3) is 0 Å². The molecule has 2 aromatic rings. The van der Waals surface area contributed by atoms with E-state index in [9.17, 15) is 19.2 Å². The maximum absolute atomic E-state index is 12.2. The number of para-hydroxylation sites is 1. The number of carbonyl (C=O) groups is 2. The molecule has 140 valence electrons. The second-order valence-corrected chi connectivity index (χ2v) is 5.26. The van der Waals surface area contributed by atoms with Crippen LogP contribution in [0, 0.1) is 0 Å². The Morgan fingerprint density at radius 3 is 2.54 bits per heavy atom. The summed E-state index contributed by atoms with van der Waals surface area (Å²) in [5.74, 6) is -0.861. The molecule has 1 aromatic carbocycles. The molecule has 0 spiro atoms. The van der Waals surface area contributed by atoms with Gasteiger partial charge in [0.25, 0.3) is 11.5 Å². The maximum atomic E-state index is 12.2. The number of nitrogens with two attached hydrogens (primary N) is 1. The number of benzene rings is 1. The van der Waals surface area contributed by atoms with Crippen molar-refractivity contribution in [3.63, 3.8) is 0 Å². The molecule has 9 nitrogen and oxygen atoms in total. The number of halogens is 1. The van der Waals surface area contributed by atoms with Gasteiger partial charge in [0.05, 0.1) is 11.3 Å². The van der Waals surface area contributed by atoms with E-state index in [0.29, 0.717) is 18.8 Å². The van der Waals surface area contributed by atoms with Gasteiger partial charge in [-0.2, -0.15) is 0 Å². The molecular weight excluding hydrogens is 362 g/mol. The summed E-state index contributed by atoms with van der Waals surface area (Å²) in [5, 5.41) is 5.23. The third kappa shape index (κ3) is 5.04. The molecule has 0 fully saturated rings. The smallest absolute Gasteiger partial charge is 0.331 e. The molecule has 0 saturated heterocycles. The van der Waals surface area contributed by atoms with Gasteiger partial charge in [0.1, 0.15) is 6.54 Å². The van der Waals surface area contributed by atoms with Crippen LogP contribution in [0.4, 0.5) is 5.69 Å². The van der Waals surface area contributed by atoms with Crippen molar-refractivity contribution in [3.05, 3.63) is 62.9 Å². The van der Waals surface area contributed by atoms with E-state index in [1.54, 1.807) is 24.3 Å². The van der Waals surface area contributed by atoms with Crippen molar-refractivity contribution >= 4 is 29.9 Å². The number of hydrogen-bond acceptors (Lipinski definition) is 5. The van der Waals surface area contributed by atoms with Crippen molar-refractivity contribution in [1.82, 2.24) is 14.5 Å². The molecule has 1 heterocycles. The summed E-state index contributed by atoms with van der Waals surface area (Å²) >= 11 is 0. The first-order valence-electron chi connectivity index (χ1n) is 7.57. The van der Waals surface area contributed by atoms with Gasteiger partial charge < -0.3 is 16.4 Å². The van der Waals surface area contributed by atoms with E-state index in [4.69, 9.17) is 5.73 Å². The quantitative estimate of drug-likeness (QED) is 0.609. The van der Waals surface area contributed by atoms with Gasteiger partial charge in [-0.1, -0.05) is 12.1 Å². The minimum absolute atomic E-state index is 0. The molecule has 2 amide bonds. The Morgan fingerprint density at radius 2 is 1.85 bits per heavy atom. The largest absolute Gasteiger partial charge is 0.351 e. The molecule has 4 N–H and O–H groups in total. The normalized spacial score (nSPS) is 9.92. The van der Waals surface area contributed by atoms with Crippen molar-refractivity contribution in [1.29, 1.82) is 0 Å². The molecule has 0 aliphatic rings. The molecule has 0 aliphatic heterocycles. The van der Waals surface area contributed by atoms with Crippen molar-refractivity contribution in [2.75, 3.05) is 18.4 Å². The Bertz CT molecular complexity index is 906. The van der Waals surface area contributed by atoms with Crippen molar-refractivity contribution in [2.24, 2.45) is 12.8 Å². The summed E-state index contributed by atoms with van der Waals surface area (Å²) in [4.78, 5) is 47.6. The zero-order chi connectivity index (χ0) is 18.4. The number of aromatic nitrogens is 2. The fourth-order valence-electron chi connectivity index (χ4n) is 2.15. The van der Waals surface area contributed by atoms with Crippen LogP contribution in [-0.2, 0) is 18.4 Å². The molecule has 1 aromatic heterocycles. The number of nitrogens with zero attached hydrogens (tertiary/aromatic N) is 2. The van der Waals surface area contributed by atoms with Gasteiger partial charge >= 0.3 is 5.69 Å². The Labute approximate surface area is 155 Å². The predicted octanol–water partition coefficient (Wildman–Crippen LogP) is -0.704. The highest BCUT2D eigenvalue weighted by Crippen LogP contribution is 2.14. The third-order valence-electron chi connectivity index (χ3n) is 3.45. The molecule has 2 rings (SSSR count). The van der Waals surface area contributed by atoms with Crippen LogP contribution in [0.2, 0.25) is 0 Å². The van der Waals surface area contributed by atoms with Crippen LogP contribution in [0.15, 0.2) is 46.1 Å². The lowest BCUT2D eigenvalue weighted by molar-refractivity contribution is -0.116. The highest BCUT2D eigenvalue weighted by Gasteiger charge is 2.13. The lowest BCUT2D eigenvalue weighted by Crippen LogP contribution is -2.39. The fourth-order valence-corrected chi connectivity index (χ4v) is 2.15. The summed E-state index contributed by atoms with van der Waals surface area (Å²) in [6.07, 6.45) is 1.25. The van der Waals surface area contributed by atoms with Gasteiger partial charge in [-0.15, -0.1) is 12.4 Å². The van der Waals surface area contributed by atoms with E-state index < -0.39 is 17.2 Å². The van der Waals surface area contributed by atoms with Crippen LogP contribution in [0.1, 0.15) is 10.4 Å². The standard InChI is InChI=1S/C16H19N5O4.ClH/c1-20-14(23)6-9-21(16(20)25)10-13(22)19-12-5-3-2-4-11(12)15(24)18-8-7-17;/h2-6,9H,7-8,10,17H2,1H3,(H,18,24)(H,19,22);1H. The van der Waals surface area contributed by atoms with Gasteiger partial charge in [0, 0.05) is 32.4 Å². The van der Waals surface area contributed by atoms with Gasteiger partial charge in [-0.3, -0.25) is 23.5 Å². The monoisotopic (exact) mass is 381 g/mol. The first-order valence-corrected chi connectivity index (χ1v) is 7.57. The van der Waals surface area contributed by atoms with E-state index in [1.165, 1.54) is 19.3 Å². The topological polar surface area (TPSA) is 128 Å². The van der Waals surface area contributed by atoms with E-state index in [0.717, 1.165) is 9.13 Å². The first-order chi connectivity index (χ1) is 11.9. The van der Waals surface area contributed by atoms with Crippen LogP contribution >= 0.6 is 12.4 Å². The maximum Gasteiger partial charge on any atom is 0.331 e. The fraction of sp³-hybridized carbons (Fsp3) is 0.250. The Morgan fingerprint density at radius 1 is 1.15 bits per heavy atom. The average Bonchev–Trinajstić information content (AvgIpc) is 2.60. The van der Waals surface area contributed by atoms with Gasteiger partial charge in [0.2, 0.25) is 5.91 Å². The Kier molecular flexibility index (Phi) is 7.76. The number of anilines is 1. The summed E-state index contributed by atoms with van der Waals surface area (Å²) in [6, 6.07) is 7.69. The van der Waals surface area contributed by atoms with Gasteiger partial charge in [-0.05, 0) is 12.1 Å². The second-order valence-electron chi connectivity index (χ2n) is 5.26. The Balaban J connectivity index is 0.00000338. The van der Waals surface area contributed by atoms with E-state index >= 15 is 0 Å². The molecule has 10 heteroatoms. The highest BCUT2D eigenvalue weighted by atomic mass is 35.5. The Hall–Kier alpha value is -2.91. The molecule has 0 atom stereocenters. The van der Waals surface area contributed by atoms with Gasteiger partial charge in [-0.25, -0.2) is 4.79 Å². The predicted molar refractivity (Wildman–Crippen MR) is 99.7 cm³/mol. The average molecular weight is 382 g/mol. The van der Waals surface area contributed by atoms with Crippen LogP contribution in [0.3, 0.4) is 0 Å². The first kappa shape index (κ1) is 21.1. The lowest BCUT2D eigenvalue weighted by Gasteiger charge is -2.12. The molecule has 0 unspecified atom stereocenters. The zero-order valence-electron chi connectivity index (χ0n) is 14.1. The summed E-state index contributed by atoms with van der Waals surface area (Å²) in [7, 11) is 1.33. The SMILES string of the molecule is Cl.Cn1c(=O)ccn(CC(=O)Nc2ccccc2C(=O)NCCN)c1=O. The third-order valence-corrected chi connectivity index (χ3v) is 3.45. The minimum atomic E-state index is -0.600. The highest BCUT2D eigenvalue weighted by molar-refractivity contribution is 6.03. The van der Waals surface area contributed by atoms with Crippen molar-refractivity contribution in [2.45, 2.75) is 6.54 Å². The molecular formula is C16H20ClN5O4. The molecule has 0 saturated carbocycles. The molecule has 0 radical (unpaired) electrons. The molecule has 0 bridgehead atoms. The number of hydrogen-bond donors (Lipinski definition) is 3. The summed E-state index contributed by atoms with van der Waals surface area (Å²) in [5.41, 5.74) is 4.91. The van der Waals surface area contributed by atoms with E-state index in [2.05, 4.69) is 10.6 Å². The van der Waals surface area contributed by atoms with Crippen molar-refractivity contribution in [3.8, 4) is 0 Å². The second kappa shape index (κ2) is 9.54. The molecule has 26 heavy (non-hydrogen) atoms. The number of carbonyl (C=O) groups excluding carboxylic acids is 2. The lowest BCUT2D eigenvalue weighted by atomic mass is 10.1. The van der Waals surface area contributed by atoms with E-state index in [1.807, 2.05) is 0 Å². The molecule has 0 aliphatic carbocycles. The minimum Gasteiger partial charge on any atom is -0.351 e. The summed E-state index contributed by atoms with van der Waals surface area (Å²) in [6.45, 7) is 0.330. The number of amides is 2. The van der Waals surface area contributed by atoms with Crippen molar-refractivity contribution < 1.29 is 9.59 Å². The van der Waals surface area contributed by atoms with Crippen LogP contribution in [-0.4, -0.2) is 34.0 Å². The van der Waals surface area contributed by atoms with Gasteiger partial charge in [0.15, 0.2) is 0 Å².